The number of para-hydroxylation sites is 1. The Balaban J connectivity index is 1.78. The van der Waals surface area contributed by atoms with E-state index in [2.05, 4.69) is 10.5 Å². The van der Waals surface area contributed by atoms with Crippen molar-refractivity contribution in [3.05, 3.63) is 63.9 Å². The van der Waals surface area contributed by atoms with E-state index < -0.39 is 35.5 Å². The molecule has 1 unspecified atom stereocenters. The molecule has 0 aliphatic carbocycles. The van der Waals surface area contributed by atoms with Gasteiger partial charge in [-0.15, -0.1) is 0 Å². The topological polar surface area (TPSA) is 108 Å². The molecule has 11 heteroatoms. The number of nitrogens with one attached hydrogen (secondary N) is 2. The summed E-state index contributed by atoms with van der Waals surface area (Å²) in [7, 11) is 0. The van der Waals surface area contributed by atoms with Gasteiger partial charge in [0.1, 0.15) is 5.82 Å². The molecular formula is C18H11Cl2FN4O4. The minimum atomic E-state index is -1.56. The number of amides is 5. The Labute approximate surface area is 173 Å². The van der Waals surface area contributed by atoms with Gasteiger partial charge in [0.2, 0.25) is 5.91 Å². The zero-order chi connectivity index (χ0) is 21.1. The van der Waals surface area contributed by atoms with Crippen LogP contribution in [0, 0.1) is 11.7 Å². The number of anilines is 1. The molecule has 0 saturated carbocycles. The molecule has 1 heterocycles. The van der Waals surface area contributed by atoms with Gasteiger partial charge in [-0.25, -0.2) is 19.5 Å². The molecule has 1 aliphatic heterocycles. The summed E-state index contributed by atoms with van der Waals surface area (Å²) in [4.78, 5) is 49.2. The molecule has 1 atom stereocenters. The van der Waals surface area contributed by atoms with Crippen molar-refractivity contribution in [3.8, 4) is 0 Å². The molecular weight excluding hydrogens is 426 g/mol. The van der Waals surface area contributed by atoms with E-state index in [1.807, 2.05) is 5.32 Å². The lowest BCUT2D eigenvalue weighted by atomic mass is 10.1. The number of rotatable bonds is 4. The van der Waals surface area contributed by atoms with Crippen LogP contribution in [0.1, 0.15) is 10.4 Å². The Morgan fingerprint density at radius 2 is 1.90 bits per heavy atom. The summed E-state index contributed by atoms with van der Waals surface area (Å²) < 4.78 is 14.0. The Bertz CT molecular complexity index is 1060. The molecule has 2 N–H and O–H groups in total. The quantitative estimate of drug-likeness (QED) is 0.436. The molecule has 29 heavy (non-hydrogen) atoms. The minimum absolute atomic E-state index is 0.0656. The number of hydrogen-bond acceptors (Lipinski definition) is 5. The van der Waals surface area contributed by atoms with Gasteiger partial charge in [0.15, 0.2) is 5.92 Å². The predicted molar refractivity (Wildman–Crippen MR) is 103 cm³/mol. The second-order valence-corrected chi connectivity index (χ2v) is 6.58. The van der Waals surface area contributed by atoms with Gasteiger partial charge in [0.05, 0.1) is 16.3 Å². The average Bonchev–Trinajstić information content (AvgIpc) is 2.65. The number of nitrogens with zero attached hydrogens (tertiary/aromatic N) is 2. The molecule has 3 rings (SSSR count). The van der Waals surface area contributed by atoms with E-state index >= 15 is 0 Å². The van der Waals surface area contributed by atoms with Gasteiger partial charge in [-0.05, 0) is 30.3 Å². The lowest BCUT2D eigenvalue weighted by Gasteiger charge is -2.28. The number of imide groups is 2. The minimum Gasteiger partial charge on any atom is -0.276 e. The van der Waals surface area contributed by atoms with Gasteiger partial charge >= 0.3 is 6.03 Å². The lowest BCUT2D eigenvalue weighted by Crippen LogP contribution is -2.59. The molecule has 5 amide bonds. The summed E-state index contributed by atoms with van der Waals surface area (Å²) in [6.45, 7) is 0. The van der Waals surface area contributed by atoms with Gasteiger partial charge in [-0.1, -0.05) is 35.3 Å². The standard InChI is InChI=1S/C18H11Cl2FN4O4/c19-9-5-6-10(12(20)7-9)16(27)24-22-8-11-15(26)23-18(29)25(17(11)28)14-4-2-1-3-13(14)21/h1-8,11H,(H,24,27)(H,23,26,29). The molecule has 148 valence electrons. The van der Waals surface area contributed by atoms with E-state index in [1.165, 1.54) is 36.4 Å². The van der Waals surface area contributed by atoms with Crippen molar-refractivity contribution in [2.45, 2.75) is 0 Å². The summed E-state index contributed by atoms with van der Waals surface area (Å²) in [6, 6.07) is 8.16. The van der Waals surface area contributed by atoms with Crippen LogP contribution in [0.2, 0.25) is 10.0 Å². The third kappa shape index (κ3) is 4.25. The van der Waals surface area contributed by atoms with E-state index in [1.54, 1.807) is 0 Å². The number of carbonyl (C=O) groups excluding carboxylic acids is 4. The first-order valence-electron chi connectivity index (χ1n) is 8.01. The van der Waals surface area contributed by atoms with Crippen LogP contribution in [-0.2, 0) is 9.59 Å². The van der Waals surface area contributed by atoms with E-state index in [0.717, 1.165) is 12.3 Å². The molecule has 0 spiro atoms. The number of urea groups is 1. The van der Waals surface area contributed by atoms with Crippen LogP contribution in [0.3, 0.4) is 0 Å². The highest BCUT2D eigenvalue weighted by Gasteiger charge is 2.41. The lowest BCUT2D eigenvalue weighted by molar-refractivity contribution is -0.131. The third-order valence-corrected chi connectivity index (χ3v) is 4.41. The first kappa shape index (κ1) is 20.4. The summed E-state index contributed by atoms with van der Waals surface area (Å²) in [5.41, 5.74) is 1.86. The predicted octanol–water partition coefficient (Wildman–Crippen LogP) is 2.75. The number of hydrazone groups is 1. The van der Waals surface area contributed by atoms with Crippen molar-refractivity contribution in [2.24, 2.45) is 11.0 Å². The van der Waals surface area contributed by atoms with Gasteiger partial charge in [-0.2, -0.15) is 5.10 Å². The van der Waals surface area contributed by atoms with Gasteiger partial charge in [-0.3, -0.25) is 19.7 Å². The fourth-order valence-electron chi connectivity index (χ4n) is 2.49. The van der Waals surface area contributed by atoms with E-state index in [9.17, 15) is 23.6 Å². The van der Waals surface area contributed by atoms with Crippen molar-refractivity contribution in [3.63, 3.8) is 0 Å². The molecule has 2 aromatic rings. The van der Waals surface area contributed by atoms with Crippen molar-refractivity contribution >= 4 is 58.9 Å². The summed E-state index contributed by atoms with van der Waals surface area (Å²) in [5, 5.41) is 5.93. The van der Waals surface area contributed by atoms with E-state index in [-0.39, 0.29) is 16.3 Å². The van der Waals surface area contributed by atoms with Crippen molar-refractivity contribution < 1.29 is 23.6 Å². The SMILES string of the molecule is O=C(NN=CC1C(=O)NC(=O)N(c2ccccc2F)C1=O)c1ccc(Cl)cc1Cl. The maximum Gasteiger partial charge on any atom is 0.335 e. The van der Waals surface area contributed by atoms with Crippen molar-refractivity contribution in [1.29, 1.82) is 0 Å². The molecule has 0 radical (unpaired) electrons. The van der Waals surface area contributed by atoms with Crippen LogP contribution >= 0.6 is 23.2 Å². The molecule has 1 fully saturated rings. The van der Waals surface area contributed by atoms with Crippen LogP contribution in [-0.4, -0.2) is 30.0 Å². The number of hydrogen-bond donors (Lipinski definition) is 2. The Morgan fingerprint density at radius 3 is 2.59 bits per heavy atom. The number of carbonyl (C=O) groups is 4. The second kappa shape index (κ2) is 8.38. The highest BCUT2D eigenvalue weighted by Crippen LogP contribution is 2.23. The zero-order valence-corrected chi connectivity index (χ0v) is 15.9. The molecule has 0 aromatic heterocycles. The van der Waals surface area contributed by atoms with Crippen LogP contribution in [0.15, 0.2) is 47.6 Å². The average molecular weight is 437 g/mol. The number of benzene rings is 2. The summed E-state index contributed by atoms with van der Waals surface area (Å²) >= 11 is 11.7. The monoisotopic (exact) mass is 436 g/mol. The number of barbiturate groups is 1. The third-order valence-electron chi connectivity index (χ3n) is 3.86. The highest BCUT2D eigenvalue weighted by molar-refractivity contribution is 6.37. The highest BCUT2D eigenvalue weighted by atomic mass is 35.5. The molecule has 2 aromatic carbocycles. The maximum atomic E-state index is 14.0. The zero-order valence-electron chi connectivity index (χ0n) is 14.4. The Morgan fingerprint density at radius 1 is 1.17 bits per heavy atom. The number of halogens is 3. The second-order valence-electron chi connectivity index (χ2n) is 5.74. The van der Waals surface area contributed by atoms with Crippen molar-refractivity contribution in [1.82, 2.24) is 10.7 Å². The Hall–Kier alpha value is -3.30. The van der Waals surface area contributed by atoms with Crippen LogP contribution < -0.4 is 15.6 Å². The van der Waals surface area contributed by atoms with Gasteiger partial charge in [0, 0.05) is 11.2 Å². The normalized spacial score (nSPS) is 16.9. The molecule has 1 aliphatic rings. The molecule has 8 nitrogen and oxygen atoms in total. The maximum absolute atomic E-state index is 14.0. The largest absolute Gasteiger partial charge is 0.335 e. The van der Waals surface area contributed by atoms with Crippen molar-refractivity contribution in [2.75, 3.05) is 4.90 Å². The van der Waals surface area contributed by atoms with Crippen LogP contribution in [0.5, 0.6) is 0 Å². The van der Waals surface area contributed by atoms with E-state index in [0.29, 0.717) is 9.92 Å². The summed E-state index contributed by atoms with van der Waals surface area (Å²) in [6.07, 6.45) is 0.833. The van der Waals surface area contributed by atoms with Crippen LogP contribution in [0.25, 0.3) is 0 Å². The smallest absolute Gasteiger partial charge is 0.276 e. The fourth-order valence-corrected chi connectivity index (χ4v) is 2.98. The van der Waals surface area contributed by atoms with Gasteiger partial charge < -0.3 is 0 Å². The van der Waals surface area contributed by atoms with Gasteiger partial charge in [0.25, 0.3) is 11.8 Å². The van der Waals surface area contributed by atoms with E-state index in [4.69, 9.17) is 23.2 Å². The molecule has 0 bridgehead atoms. The first-order valence-corrected chi connectivity index (χ1v) is 8.77. The Kier molecular flexibility index (Phi) is 5.90. The summed E-state index contributed by atoms with van der Waals surface area (Å²) in [5.74, 6) is -5.09. The fraction of sp³-hybridized carbons (Fsp3) is 0.0556. The first-order chi connectivity index (χ1) is 13.8. The van der Waals surface area contributed by atoms with Crippen LogP contribution in [0.4, 0.5) is 14.9 Å². The molecule has 1 saturated heterocycles.